The van der Waals surface area contributed by atoms with Crippen LogP contribution in [-0.4, -0.2) is 25.4 Å². The normalized spacial score (nSPS) is 14.6. The van der Waals surface area contributed by atoms with Crippen LogP contribution in [0.2, 0.25) is 0 Å². The first-order valence-corrected chi connectivity index (χ1v) is 5.51. The third-order valence-electron chi connectivity index (χ3n) is 2.82. The fraction of sp³-hybridized carbons (Fsp3) is 0.538. The molecule has 16 heavy (non-hydrogen) atoms. The van der Waals surface area contributed by atoms with Crippen molar-refractivity contribution >= 4 is 0 Å². The maximum Gasteiger partial charge on any atom is 0.124 e. The fourth-order valence-electron chi connectivity index (χ4n) is 2.13. The molecule has 0 heterocycles. The van der Waals surface area contributed by atoms with Gasteiger partial charge >= 0.3 is 0 Å². The summed E-state index contributed by atoms with van der Waals surface area (Å²) < 4.78 is 5.39. The molecule has 0 saturated heterocycles. The van der Waals surface area contributed by atoms with Crippen LogP contribution in [0.4, 0.5) is 0 Å². The highest BCUT2D eigenvalue weighted by Crippen LogP contribution is 2.31. The summed E-state index contributed by atoms with van der Waals surface area (Å²) in [5.74, 6) is 0.831. The van der Waals surface area contributed by atoms with Gasteiger partial charge in [-0.25, -0.2) is 0 Å². The summed E-state index contributed by atoms with van der Waals surface area (Å²) in [5, 5.41) is 12.9. The van der Waals surface area contributed by atoms with E-state index in [2.05, 4.69) is 11.4 Å². The third kappa shape index (κ3) is 2.54. The molecule has 1 aromatic carbocycles. The number of aryl methyl sites for hydroxylation is 2. The second-order valence-corrected chi connectivity index (χ2v) is 4.20. The first-order chi connectivity index (χ1) is 7.51. The highest BCUT2D eigenvalue weighted by Gasteiger charge is 2.21. The molecule has 0 aliphatic carbocycles. The summed E-state index contributed by atoms with van der Waals surface area (Å²) in [6.45, 7) is 5.85. The Morgan fingerprint density at radius 3 is 2.38 bits per heavy atom. The van der Waals surface area contributed by atoms with Crippen molar-refractivity contribution in [3.63, 3.8) is 0 Å². The van der Waals surface area contributed by atoms with Crippen molar-refractivity contribution < 1.29 is 9.84 Å². The maximum absolute atomic E-state index is 9.76. The van der Waals surface area contributed by atoms with Crippen LogP contribution in [0.15, 0.2) is 12.1 Å². The molecule has 3 nitrogen and oxygen atoms in total. The molecule has 2 N–H and O–H groups in total. The summed E-state index contributed by atoms with van der Waals surface area (Å²) in [5.41, 5.74) is 3.33. The van der Waals surface area contributed by atoms with E-state index in [1.165, 1.54) is 5.56 Å². The molecular formula is C13H21NO2. The number of rotatable bonds is 4. The Labute approximate surface area is 97.4 Å². The van der Waals surface area contributed by atoms with Gasteiger partial charge in [0.1, 0.15) is 5.75 Å². The molecule has 0 amide bonds. The lowest BCUT2D eigenvalue weighted by molar-refractivity contribution is 0.148. The number of likely N-dealkylation sites (N-methyl/N-ethyl adjacent to an activating group) is 1. The molecule has 0 bridgehead atoms. The molecule has 3 heteroatoms. The number of ether oxygens (including phenoxy) is 1. The lowest BCUT2D eigenvalue weighted by Gasteiger charge is -2.24. The summed E-state index contributed by atoms with van der Waals surface area (Å²) in [4.78, 5) is 0. The number of nitrogens with one attached hydrogen (secondary N) is 1. The highest BCUT2D eigenvalue weighted by atomic mass is 16.5. The Morgan fingerprint density at radius 2 is 1.94 bits per heavy atom. The molecule has 1 rings (SSSR count). The average Bonchev–Trinajstić information content (AvgIpc) is 2.21. The van der Waals surface area contributed by atoms with Gasteiger partial charge in [-0.05, 0) is 45.0 Å². The van der Waals surface area contributed by atoms with E-state index in [0.717, 1.165) is 16.9 Å². The molecule has 0 aromatic heterocycles. The molecule has 90 valence electrons. The number of aliphatic hydroxyl groups excluding tert-OH is 1. The molecule has 0 spiro atoms. The minimum Gasteiger partial charge on any atom is -0.496 e. The van der Waals surface area contributed by atoms with Crippen LogP contribution in [0.1, 0.15) is 29.7 Å². The number of benzene rings is 1. The Morgan fingerprint density at radius 1 is 1.31 bits per heavy atom. The van der Waals surface area contributed by atoms with Gasteiger partial charge in [-0.2, -0.15) is 0 Å². The first kappa shape index (κ1) is 13.0. The predicted octanol–water partition coefficient (Wildman–Crippen LogP) is 1.95. The van der Waals surface area contributed by atoms with Crippen LogP contribution in [0.3, 0.4) is 0 Å². The number of methoxy groups -OCH3 is 1. The van der Waals surface area contributed by atoms with Gasteiger partial charge in [0.05, 0.1) is 19.3 Å². The van der Waals surface area contributed by atoms with E-state index < -0.39 is 6.10 Å². The monoisotopic (exact) mass is 223 g/mol. The summed E-state index contributed by atoms with van der Waals surface area (Å²) in [6.07, 6.45) is -0.458. The smallest absolute Gasteiger partial charge is 0.124 e. The molecule has 1 aromatic rings. The summed E-state index contributed by atoms with van der Waals surface area (Å²) in [6, 6.07) is 4.00. The summed E-state index contributed by atoms with van der Waals surface area (Å²) in [7, 11) is 3.50. The van der Waals surface area contributed by atoms with Gasteiger partial charge in [0.2, 0.25) is 0 Å². The van der Waals surface area contributed by atoms with E-state index in [0.29, 0.717) is 0 Å². The van der Waals surface area contributed by atoms with Crippen molar-refractivity contribution in [1.29, 1.82) is 0 Å². The number of hydrogen-bond donors (Lipinski definition) is 2. The van der Waals surface area contributed by atoms with Gasteiger partial charge in [-0.15, -0.1) is 0 Å². The molecular weight excluding hydrogens is 202 g/mol. The van der Waals surface area contributed by atoms with Gasteiger partial charge in [0, 0.05) is 5.56 Å². The third-order valence-corrected chi connectivity index (χ3v) is 2.82. The molecule has 2 unspecified atom stereocenters. The van der Waals surface area contributed by atoms with Crippen LogP contribution < -0.4 is 10.1 Å². The van der Waals surface area contributed by atoms with Crippen LogP contribution in [0.5, 0.6) is 5.75 Å². The van der Waals surface area contributed by atoms with Crippen LogP contribution in [0, 0.1) is 13.8 Å². The van der Waals surface area contributed by atoms with Gasteiger partial charge in [0.25, 0.3) is 0 Å². The number of aliphatic hydroxyl groups is 1. The van der Waals surface area contributed by atoms with Crippen LogP contribution >= 0.6 is 0 Å². The molecule has 0 saturated carbocycles. The SMILES string of the molecule is CNC(c1c(C)cc(C)cc1OC)C(C)O. The van der Waals surface area contributed by atoms with Crippen molar-refractivity contribution in [2.24, 2.45) is 0 Å². The van der Waals surface area contributed by atoms with Crippen molar-refractivity contribution in [3.8, 4) is 5.75 Å². The van der Waals surface area contributed by atoms with Crippen molar-refractivity contribution in [3.05, 3.63) is 28.8 Å². The largest absolute Gasteiger partial charge is 0.496 e. The topological polar surface area (TPSA) is 41.5 Å². The quantitative estimate of drug-likeness (QED) is 0.820. The van der Waals surface area contributed by atoms with E-state index in [4.69, 9.17) is 4.74 Å². The fourth-order valence-corrected chi connectivity index (χ4v) is 2.13. The molecule has 0 aliphatic heterocycles. The van der Waals surface area contributed by atoms with Crippen molar-refractivity contribution in [1.82, 2.24) is 5.32 Å². The maximum atomic E-state index is 9.76. The molecule has 0 fully saturated rings. The van der Waals surface area contributed by atoms with Gasteiger partial charge in [-0.1, -0.05) is 6.07 Å². The lowest BCUT2D eigenvalue weighted by Crippen LogP contribution is -2.28. The average molecular weight is 223 g/mol. The summed E-state index contributed by atoms with van der Waals surface area (Å²) >= 11 is 0. The highest BCUT2D eigenvalue weighted by molar-refractivity contribution is 5.45. The minimum absolute atomic E-state index is 0.101. The second kappa shape index (κ2) is 5.32. The molecule has 0 radical (unpaired) electrons. The van der Waals surface area contributed by atoms with Crippen molar-refractivity contribution in [2.75, 3.05) is 14.2 Å². The number of hydrogen-bond acceptors (Lipinski definition) is 3. The lowest BCUT2D eigenvalue weighted by atomic mass is 9.95. The van der Waals surface area contributed by atoms with E-state index in [9.17, 15) is 5.11 Å². The zero-order valence-corrected chi connectivity index (χ0v) is 10.7. The molecule has 0 aliphatic rings. The zero-order valence-electron chi connectivity index (χ0n) is 10.7. The predicted molar refractivity (Wildman–Crippen MR) is 65.9 cm³/mol. The van der Waals surface area contributed by atoms with Gasteiger partial charge < -0.3 is 15.2 Å². The van der Waals surface area contributed by atoms with E-state index in [1.54, 1.807) is 14.0 Å². The van der Waals surface area contributed by atoms with E-state index in [-0.39, 0.29) is 6.04 Å². The zero-order chi connectivity index (χ0) is 12.3. The Bertz CT molecular complexity index is 361. The Kier molecular flexibility index (Phi) is 4.33. The van der Waals surface area contributed by atoms with Crippen LogP contribution in [0.25, 0.3) is 0 Å². The van der Waals surface area contributed by atoms with E-state index in [1.807, 2.05) is 27.0 Å². The van der Waals surface area contributed by atoms with Gasteiger partial charge in [0.15, 0.2) is 0 Å². The Hall–Kier alpha value is -1.06. The van der Waals surface area contributed by atoms with Gasteiger partial charge in [-0.3, -0.25) is 0 Å². The Balaban J connectivity index is 3.29. The van der Waals surface area contributed by atoms with Crippen LogP contribution in [-0.2, 0) is 0 Å². The standard InChI is InChI=1S/C13H21NO2/c1-8-6-9(2)12(11(7-8)16-5)13(14-4)10(3)15/h6-7,10,13-15H,1-5H3. The minimum atomic E-state index is -0.458. The van der Waals surface area contributed by atoms with Crippen molar-refractivity contribution in [2.45, 2.75) is 32.9 Å². The molecule has 2 atom stereocenters. The first-order valence-electron chi connectivity index (χ1n) is 5.51. The second-order valence-electron chi connectivity index (χ2n) is 4.20. The van der Waals surface area contributed by atoms with E-state index >= 15 is 0 Å².